The second-order valence-corrected chi connectivity index (χ2v) is 8.34. The number of carboxylic acids is 1. The number of ether oxygens (including phenoxy) is 1. The average molecular weight is 437 g/mol. The van der Waals surface area contributed by atoms with Crippen LogP contribution in [0.1, 0.15) is 49.7 Å². The molecular weight excluding hydrogens is 408 g/mol. The summed E-state index contributed by atoms with van der Waals surface area (Å²) < 4.78 is 5.57. The van der Waals surface area contributed by atoms with Gasteiger partial charge in [0.2, 0.25) is 5.91 Å². The Hall–Kier alpha value is -3.35. The van der Waals surface area contributed by atoms with Gasteiger partial charge >= 0.3 is 12.1 Å². The largest absolute Gasteiger partial charge is 0.480 e. The third-order valence-corrected chi connectivity index (χ3v) is 6.33. The van der Waals surface area contributed by atoms with E-state index in [1.165, 1.54) is 4.90 Å². The Morgan fingerprint density at radius 3 is 2.31 bits per heavy atom. The molecule has 2 aliphatic rings. The first kappa shape index (κ1) is 21.9. The van der Waals surface area contributed by atoms with Crippen molar-refractivity contribution >= 4 is 18.0 Å². The quantitative estimate of drug-likeness (QED) is 0.689. The average Bonchev–Trinajstić information content (AvgIpc) is 3.40. The highest BCUT2D eigenvalue weighted by atomic mass is 16.5. The van der Waals surface area contributed by atoms with Crippen molar-refractivity contribution in [3.8, 4) is 11.1 Å². The van der Waals surface area contributed by atoms with Crippen molar-refractivity contribution in [2.24, 2.45) is 0 Å². The fourth-order valence-electron chi connectivity index (χ4n) is 4.82. The lowest BCUT2D eigenvalue weighted by Crippen LogP contribution is -2.51. The predicted octanol–water partition coefficient (Wildman–Crippen LogP) is 3.77. The molecule has 1 aliphatic heterocycles. The number of alkyl carbamates (subject to hydrolysis) is 1. The van der Waals surface area contributed by atoms with E-state index >= 15 is 0 Å². The van der Waals surface area contributed by atoms with E-state index < -0.39 is 24.1 Å². The maximum absolute atomic E-state index is 13.0. The van der Waals surface area contributed by atoms with Crippen LogP contribution < -0.4 is 5.32 Å². The highest BCUT2D eigenvalue weighted by molar-refractivity contribution is 5.89. The first-order chi connectivity index (χ1) is 15.5. The minimum absolute atomic E-state index is 0.0663. The van der Waals surface area contributed by atoms with Crippen molar-refractivity contribution < 1.29 is 24.2 Å². The van der Waals surface area contributed by atoms with Gasteiger partial charge in [-0.3, -0.25) is 4.79 Å². The summed E-state index contributed by atoms with van der Waals surface area (Å²) >= 11 is 0. The minimum Gasteiger partial charge on any atom is -0.480 e. The standard InChI is InChI=1S/C25H28N2O5/c1-2-8-21(23(28)27-14-7-13-22(27)24(29)30)26-25(31)32-15-20-18-11-5-3-9-16(18)17-10-4-6-12-19(17)20/h3-6,9-12,20-22H,2,7-8,13-15H2,1H3,(H,26,31)(H,29,30)/t21-,22-/m0/s1. The van der Waals surface area contributed by atoms with Gasteiger partial charge in [0.15, 0.2) is 0 Å². The number of hydrogen-bond acceptors (Lipinski definition) is 4. The van der Waals surface area contributed by atoms with Crippen LogP contribution in [0.25, 0.3) is 11.1 Å². The first-order valence-corrected chi connectivity index (χ1v) is 11.2. The molecule has 0 bridgehead atoms. The van der Waals surface area contributed by atoms with Crippen LogP contribution in [-0.2, 0) is 14.3 Å². The van der Waals surface area contributed by atoms with Gasteiger partial charge in [-0.2, -0.15) is 0 Å². The molecular formula is C25H28N2O5. The van der Waals surface area contributed by atoms with Gasteiger partial charge < -0.3 is 20.1 Å². The van der Waals surface area contributed by atoms with Crippen LogP contribution in [-0.4, -0.2) is 53.2 Å². The highest BCUT2D eigenvalue weighted by Crippen LogP contribution is 2.44. The Morgan fingerprint density at radius 1 is 1.09 bits per heavy atom. The van der Waals surface area contributed by atoms with Crippen LogP contribution in [0.5, 0.6) is 0 Å². The molecule has 0 spiro atoms. The molecule has 1 heterocycles. The molecule has 2 atom stereocenters. The lowest BCUT2D eigenvalue weighted by atomic mass is 9.98. The number of likely N-dealkylation sites (tertiary alicyclic amines) is 1. The summed E-state index contributed by atoms with van der Waals surface area (Å²) in [5, 5.41) is 12.1. The zero-order chi connectivity index (χ0) is 22.7. The Balaban J connectivity index is 1.42. The zero-order valence-electron chi connectivity index (χ0n) is 18.1. The number of carbonyl (C=O) groups excluding carboxylic acids is 2. The number of hydrogen-bond donors (Lipinski definition) is 2. The van der Waals surface area contributed by atoms with Crippen LogP contribution in [0.3, 0.4) is 0 Å². The maximum Gasteiger partial charge on any atom is 0.407 e. The van der Waals surface area contributed by atoms with E-state index in [1.54, 1.807) is 0 Å². The molecule has 2 amide bonds. The van der Waals surface area contributed by atoms with Crippen LogP contribution in [0.4, 0.5) is 4.79 Å². The smallest absolute Gasteiger partial charge is 0.407 e. The minimum atomic E-state index is -1.01. The lowest BCUT2D eigenvalue weighted by Gasteiger charge is -2.27. The van der Waals surface area contributed by atoms with Gasteiger partial charge in [-0.15, -0.1) is 0 Å². The van der Waals surface area contributed by atoms with E-state index in [4.69, 9.17) is 4.74 Å². The highest BCUT2D eigenvalue weighted by Gasteiger charge is 2.37. The van der Waals surface area contributed by atoms with Gasteiger partial charge in [-0.1, -0.05) is 61.9 Å². The van der Waals surface area contributed by atoms with Gasteiger partial charge in [0.1, 0.15) is 18.7 Å². The summed E-state index contributed by atoms with van der Waals surface area (Å²) in [5.74, 6) is -1.43. The van der Waals surface area contributed by atoms with E-state index in [9.17, 15) is 19.5 Å². The second kappa shape index (κ2) is 9.42. The Kier molecular flexibility index (Phi) is 6.44. The number of amides is 2. The number of aliphatic carboxylic acids is 1. The fraction of sp³-hybridized carbons (Fsp3) is 0.400. The molecule has 4 rings (SSSR count). The van der Waals surface area contributed by atoms with Crippen LogP contribution in [0.2, 0.25) is 0 Å². The van der Waals surface area contributed by atoms with E-state index in [0.29, 0.717) is 32.2 Å². The third kappa shape index (κ3) is 4.20. The molecule has 0 radical (unpaired) electrons. The number of rotatable bonds is 7. The van der Waals surface area contributed by atoms with E-state index in [0.717, 1.165) is 22.3 Å². The second-order valence-electron chi connectivity index (χ2n) is 8.34. The number of nitrogens with one attached hydrogen (secondary N) is 1. The molecule has 1 aliphatic carbocycles. The monoisotopic (exact) mass is 436 g/mol. The van der Waals surface area contributed by atoms with E-state index in [-0.39, 0.29) is 18.4 Å². The van der Waals surface area contributed by atoms with Crippen molar-refractivity contribution in [3.63, 3.8) is 0 Å². The molecule has 168 valence electrons. The van der Waals surface area contributed by atoms with Gasteiger partial charge in [0.25, 0.3) is 0 Å². The Bertz CT molecular complexity index is 975. The van der Waals surface area contributed by atoms with Crippen LogP contribution in [0.15, 0.2) is 48.5 Å². The number of carboxylic acid groups (broad SMARTS) is 1. The molecule has 7 nitrogen and oxygen atoms in total. The van der Waals surface area contributed by atoms with Gasteiger partial charge in [0, 0.05) is 12.5 Å². The van der Waals surface area contributed by atoms with Crippen LogP contribution >= 0.6 is 0 Å². The molecule has 0 saturated carbocycles. The molecule has 2 aromatic rings. The number of benzene rings is 2. The number of carbonyl (C=O) groups is 3. The topological polar surface area (TPSA) is 95.9 Å². The Labute approximate surface area is 187 Å². The summed E-state index contributed by atoms with van der Waals surface area (Å²) in [6.07, 6.45) is 1.51. The summed E-state index contributed by atoms with van der Waals surface area (Å²) in [4.78, 5) is 38.4. The van der Waals surface area contributed by atoms with Crippen molar-refractivity contribution in [1.82, 2.24) is 10.2 Å². The van der Waals surface area contributed by atoms with Crippen LogP contribution in [0, 0.1) is 0 Å². The summed E-state index contributed by atoms with van der Waals surface area (Å²) in [7, 11) is 0. The maximum atomic E-state index is 13.0. The lowest BCUT2D eigenvalue weighted by molar-refractivity contribution is -0.149. The van der Waals surface area contributed by atoms with Crippen molar-refractivity contribution in [1.29, 1.82) is 0 Å². The normalized spacial score (nSPS) is 18.0. The van der Waals surface area contributed by atoms with Crippen molar-refractivity contribution in [2.75, 3.05) is 13.2 Å². The van der Waals surface area contributed by atoms with Crippen molar-refractivity contribution in [3.05, 3.63) is 59.7 Å². The fourth-order valence-corrected chi connectivity index (χ4v) is 4.82. The summed E-state index contributed by atoms with van der Waals surface area (Å²) in [6.45, 7) is 2.47. The zero-order valence-corrected chi connectivity index (χ0v) is 18.1. The summed E-state index contributed by atoms with van der Waals surface area (Å²) in [5.41, 5.74) is 4.52. The van der Waals surface area contributed by atoms with Gasteiger partial charge in [0.05, 0.1) is 0 Å². The number of fused-ring (bicyclic) bond motifs is 3. The molecule has 2 aromatic carbocycles. The molecule has 0 unspecified atom stereocenters. The molecule has 1 saturated heterocycles. The SMILES string of the molecule is CCC[C@H](NC(=O)OCC1c2ccccc2-c2ccccc21)C(=O)N1CCC[C@H]1C(=O)O. The van der Waals surface area contributed by atoms with E-state index in [1.807, 2.05) is 43.3 Å². The third-order valence-electron chi connectivity index (χ3n) is 6.33. The van der Waals surface area contributed by atoms with E-state index in [2.05, 4.69) is 17.4 Å². The molecule has 0 aromatic heterocycles. The molecule has 7 heteroatoms. The van der Waals surface area contributed by atoms with Crippen molar-refractivity contribution in [2.45, 2.75) is 50.6 Å². The predicted molar refractivity (Wildman–Crippen MR) is 119 cm³/mol. The van der Waals surface area contributed by atoms with Gasteiger partial charge in [-0.05, 0) is 41.5 Å². The molecule has 2 N–H and O–H groups in total. The molecule has 1 fully saturated rings. The Morgan fingerprint density at radius 2 is 1.72 bits per heavy atom. The first-order valence-electron chi connectivity index (χ1n) is 11.2. The summed E-state index contributed by atoms with van der Waals surface area (Å²) in [6, 6.07) is 14.5. The molecule has 32 heavy (non-hydrogen) atoms. The van der Waals surface area contributed by atoms with Gasteiger partial charge in [-0.25, -0.2) is 9.59 Å². The number of nitrogens with zero attached hydrogens (tertiary/aromatic N) is 1.